The van der Waals surface area contributed by atoms with Gasteiger partial charge in [0.15, 0.2) is 0 Å². The van der Waals surface area contributed by atoms with Crippen LogP contribution in [0.25, 0.3) is 0 Å². The van der Waals surface area contributed by atoms with Gasteiger partial charge in [0.25, 0.3) is 0 Å². The third kappa shape index (κ3) is 5.04. The van der Waals surface area contributed by atoms with Gasteiger partial charge in [0.05, 0.1) is 9.79 Å². The van der Waals surface area contributed by atoms with Crippen LogP contribution in [0.3, 0.4) is 0 Å². The molecule has 0 atom stereocenters. The van der Waals surface area contributed by atoms with Crippen LogP contribution in [0.4, 0.5) is 0 Å². The Kier molecular flexibility index (Phi) is 6.19. The third-order valence-corrected chi connectivity index (χ3v) is 7.03. The lowest BCUT2D eigenvalue weighted by Gasteiger charge is -2.11. The average molecular weight is 429 g/mol. The number of sulfone groups is 1. The lowest BCUT2D eigenvalue weighted by atomic mass is 9.97. The highest BCUT2D eigenvalue weighted by molar-refractivity contribution is 7.91. The van der Waals surface area contributed by atoms with Crippen LogP contribution < -0.4 is 4.74 Å². The number of rotatable bonds is 6. The molecule has 0 saturated heterocycles. The molecule has 3 nitrogen and oxygen atoms in total. The van der Waals surface area contributed by atoms with Crippen LogP contribution in [-0.2, 0) is 16.3 Å². The van der Waals surface area contributed by atoms with Gasteiger partial charge in [0, 0.05) is 0 Å². The van der Waals surface area contributed by atoms with E-state index in [4.69, 9.17) is 4.74 Å². The fraction of sp³-hybridized carbons (Fsp3) is 0.111. The average Bonchev–Trinajstić information content (AvgIpc) is 2.82. The Morgan fingerprint density at radius 3 is 2.03 bits per heavy atom. The van der Waals surface area contributed by atoms with Gasteiger partial charge in [-0.1, -0.05) is 60.2 Å². The molecule has 1 aliphatic rings. The molecule has 0 heterocycles. The maximum Gasteiger partial charge on any atom is 0.206 e. The van der Waals surface area contributed by atoms with Crippen molar-refractivity contribution in [2.45, 2.75) is 29.6 Å². The third-order valence-electron chi connectivity index (χ3n) is 5.25. The monoisotopic (exact) mass is 428 g/mol. The van der Waals surface area contributed by atoms with Crippen molar-refractivity contribution in [2.75, 3.05) is 0 Å². The van der Waals surface area contributed by atoms with Crippen molar-refractivity contribution in [3.8, 4) is 11.5 Å². The molecule has 0 unspecified atom stereocenters. The summed E-state index contributed by atoms with van der Waals surface area (Å²) in [6, 6.07) is 23.0. The summed E-state index contributed by atoms with van der Waals surface area (Å²) in [5.41, 5.74) is 3.96. The molecular weight excluding hydrogens is 404 g/mol. The van der Waals surface area contributed by atoms with Gasteiger partial charge in [-0.3, -0.25) is 0 Å². The molecule has 3 aromatic rings. The van der Waals surface area contributed by atoms with Crippen LogP contribution in [-0.4, -0.2) is 8.42 Å². The first-order chi connectivity index (χ1) is 15.0. The fourth-order valence-electron chi connectivity index (χ4n) is 3.48. The maximum absolute atomic E-state index is 12.7. The zero-order valence-corrected chi connectivity index (χ0v) is 18.2. The van der Waals surface area contributed by atoms with E-state index in [0.717, 1.165) is 12.8 Å². The highest BCUT2D eigenvalue weighted by Crippen LogP contribution is 2.27. The zero-order valence-electron chi connectivity index (χ0n) is 17.4. The van der Waals surface area contributed by atoms with Crippen LogP contribution >= 0.6 is 0 Å². The molecule has 0 N–H and O–H groups in total. The second-order valence-electron chi connectivity index (χ2n) is 7.51. The zero-order chi connectivity index (χ0) is 21.7. The van der Waals surface area contributed by atoms with E-state index >= 15 is 0 Å². The molecule has 4 heteroatoms. The second-order valence-corrected chi connectivity index (χ2v) is 9.46. The Morgan fingerprint density at radius 1 is 0.806 bits per heavy atom. The largest absolute Gasteiger partial charge is 0.457 e. The minimum absolute atomic E-state index is 0.247. The van der Waals surface area contributed by atoms with E-state index in [-0.39, 0.29) is 9.79 Å². The van der Waals surface area contributed by atoms with E-state index in [0.29, 0.717) is 11.5 Å². The van der Waals surface area contributed by atoms with Crippen molar-refractivity contribution in [3.63, 3.8) is 0 Å². The maximum atomic E-state index is 12.7. The number of hydrogen-bond donors (Lipinski definition) is 0. The highest BCUT2D eigenvalue weighted by atomic mass is 32.2. The van der Waals surface area contributed by atoms with E-state index in [1.807, 2.05) is 12.1 Å². The first-order valence-electron chi connectivity index (χ1n) is 10.2. The van der Waals surface area contributed by atoms with Crippen LogP contribution in [0.2, 0.25) is 0 Å². The summed E-state index contributed by atoms with van der Waals surface area (Å²) in [6.07, 6.45) is 10.4. The minimum atomic E-state index is -3.52. The molecule has 31 heavy (non-hydrogen) atoms. The van der Waals surface area contributed by atoms with Gasteiger partial charge in [0.2, 0.25) is 9.84 Å². The van der Waals surface area contributed by atoms with Gasteiger partial charge in [-0.2, -0.15) is 0 Å². The predicted octanol–water partition coefficient (Wildman–Crippen LogP) is 6.69. The molecule has 0 amide bonds. The van der Waals surface area contributed by atoms with Gasteiger partial charge in [-0.25, -0.2) is 8.42 Å². The van der Waals surface area contributed by atoms with E-state index in [1.165, 1.54) is 16.7 Å². The molecule has 3 aromatic carbocycles. The Balaban J connectivity index is 1.43. The van der Waals surface area contributed by atoms with Gasteiger partial charge in [-0.05, 0) is 79.4 Å². The summed E-state index contributed by atoms with van der Waals surface area (Å²) in [5.74, 6) is 1.31. The van der Waals surface area contributed by atoms with Gasteiger partial charge in [-0.15, -0.1) is 0 Å². The molecule has 0 radical (unpaired) electrons. The first kappa shape index (κ1) is 20.9. The number of benzene rings is 3. The summed E-state index contributed by atoms with van der Waals surface area (Å²) in [7, 11) is -3.52. The Morgan fingerprint density at radius 2 is 1.42 bits per heavy atom. The minimum Gasteiger partial charge on any atom is -0.457 e. The lowest BCUT2D eigenvalue weighted by Crippen LogP contribution is -2.01. The highest BCUT2D eigenvalue weighted by Gasteiger charge is 2.17. The molecule has 0 fully saturated rings. The number of allylic oxidation sites excluding steroid dienone is 6. The van der Waals surface area contributed by atoms with Gasteiger partial charge >= 0.3 is 0 Å². The van der Waals surface area contributed by atoms with E-state index in [2.05, 4.69) is 43.4 Å². The topological polar surface area (TPSA) is 43.4 Å². The predicted molar refractivity (Wildman–Crippen MR) is 124 cm³/mol. The van der Waals surface area contributed by atoms with Gasteiger partial charge in [0.1, 0.15) is 11.5 Å². The molecule has 4 rings (SSSR count). The Bertz CT molecular complexity index is 1230. The molecule has 0 spiro atoms. The smallest absolute Gasteiger partial charge is 0.206 e. The standard InChI is InChI=1S/C27H24O3S/c1-21(23-8-4-2-5-9-23)20-22-12-14-24(15-13-22)30-25-16-18-27(19-17-25)31(28,29)26-10-6-3-7-11-26/h2-8,10-19H,9,20H2,1H3. The molecule has 0 aliphatic heterocycles. The SMILES string of the molecule is CC(Cc1ccc(Oc2ccc(S(=O)(=O)c3ccccc3)cc2)cc1)=C1C=CC=CC1. The first-order valence-corrected chi connectivity index (χ1v) is 11.7. The lowest BCUT2D eigenvalue weighted by molar-refractivity contribution is 0.482. The van der Waals surface area contributed by atoms with Crippen molar-refractivity contribution < 1.29 is 13.2 Å². The molecule has 0 aromatic heterocycles. The van der Waals surface area contributed by atoms with Gasteiger partial charge < -0.3 is 4.74 Å². The van der Waals surface area contributed by atoms with Crippen molar-refractivity contribution in [1.29, 1.82) is 0 Å². The normalized spacial score (nSPS) is 15.0. The Labute approximate surface area is 183 Å². The molecule has 1 aliphatic carbocycles. The number of ether oxygens (including phenoxy) is 1. The van der Waals surface area contributed by atoms with Crippen LogP contribution in [0.15, 0.2) is 124 Å². The molecular formula is C27H24O3S. The van der Waals surface area contributed by atoms with E-state index < -0.39 is 9.84 Å². The summed E-state index contributed by atoms with van der Waals surface area (Å²) < 4.78 is 31.3. The van der Waals surface area contributed by atoms with Crippen molar-refractivity contribution in [3.05, 3.63) is 120 Å². The summed E-state index contributed by atoms with van der Waals surface area (Å²) >= 11 is 0. The summed E-state index contributed by atoms with van der Waals surface area (Å²) in [5, 5.41) is 0. The Hall–Kier alpha value is -3.37. The molecule has 156 valence electrons. The van der Waals surface area contributed by atoms with Crippen molar-refractivity contribution >= 4 is 9.84 Å². The quantitative estimate of drug-likeness (QED) is 0.439. The molecule has 0 saturated carbocycles. The van der Waals surface area contributed by atoms with Crippen LogP contribution in [0, 0.1) is 0 Å². The van der Waals surface area contributed by atoms with E-state index in [1.54, 1.807) is 54.6 Å². The van der Waals surface area contributed by atoms with E-state index in [9.17, 15) is 8.42 Å². The molecule has 0 bridgehead atoms. The van der Waals surface area contributed by atoms with Crippen molar-refractivity contribution in [2.24, 2.45) is 0 Å². The second kappa shape index (κ2) is 9.19. The van der Waals surface area contributed by atoms with Crippen LogP contribution in [0.5, 0.6) is 11.5 Å². The summed E-state index contributed by atoms with van der Waals surface area (Å²) in [4.78, 5) is 0.528. The number of hydrogen-bond acceptors (Lipinski definition) is 3. The summed E-state index contributed by atoms with van der Waals surface area (Å²) in [6.45, 7) is 2.17. The van der Waals surface area contributed by atoms with Crippen molar-refractivity contribution in [1.82, 2.24) is 0 Å². The fourth-order valence-corrected chi connectivity index (χ4v) is 4.77. The van der Waals surface area contributed by atoms with Crippen LogP contribution in [0.1, 0.15) is 18.9 Å².